The summed E-state index contributed by atoms with van der Waals surface area (Å²) in [7, 11) is 1.69. The molecule has 0 aliphatic heterocycles. The predicted molar refractivity (Wildman–Crippen MR) is 64.8 cm³/mol. The molecule has 1 aromatic carbocycles. The minimum absolute atomic E-state index is 0.564. The monoisotopic (exact) mass is 232 g/mol. The SMILES string of the molecule is COCCc1ccc(C(O)c2ccco2)cc1. The Morgan fingerprint density at radius 2 is 2.00 bits per heavy atom. The second kappa shape index (κ2) is 5.66. The Balaban J connectivity index is 2.07. The van der Waals surface area contributed by atoms with Crippen LogP contribution in [-0.4, -0.2) is 18.8 Å². The molecule has 1 N–H and O–H groups in total. The van der Waals surface area contributed by atoms with Gasteiger partial charge >= 0.3 is 0 Å². The highest BCUT2D eigenvalue weighted by Gasteiger charge is 2.12. The van der Waals surface area contributed by atoms with Crippen LogP contribution >= 0.6 is 0 Å². The minimum Gasteiger partial charge on any atom is -0.466 e. The van der Waals surface area contributed by atoms with Crippen molar-refractivity contribution in [3.63, 3.8) is 0 Å². The van der Waals surface area contributed by atoms with Crippen LogP contribution in [0.25, 0.3) is 0 Å². The molecule has 0 saturated heterocycles. The van der Waals surface area contributed by atoms with Crippen LogP contribution in [0.2, 0.25) is 0 Å². The number of furan rings is 1. The lowest BCUT2D eigenvalue weighted by Gasteiger charge is -2.09. The van der Waals surface area contributed by atoms with E-state index in [2.05, 4.69) is 0 Å². The predicted octanol–water partition coefficient (Wildman–Crippen LogP) is 2.55. The largest absolute Gasteiger partial charge is 0.466 e. The zero-order valence-corrected chi connectivity index (χ0v) is 9.80. The second-order valence-corrected chi connectivity index (χ2v) is 3.90. The first-order valence-corrected chi connectivity index (χ1v) is 5.60. The first-order chi connectivity index (χ1) is 8.31. The van der Waals surface area contributed by atoms with Gasteiger partial charge in [0, 0.05) is 7.11 Å². The number of aliphatic hydroxyl groups is 1. The lowest BCUT2D eigenvalue weighted by molar-refractivity contribution is 0.189. The fourth-order valence-corrected chi connectivity index (χ4v) is 1.70. The van der Waals surface area contributed by atoms with Gasteiger partial charge in [0.1, 0.15) is 11.9 Å². The molecule has 1 atom stereocenters. The summed E-state index contributed by atoms with van der Waals surface area (Å²) >= 11 is 0. The molecule has 0 saturated carbocycles. The summed E-state index contributed by atoms with van der Waals surface area (Å²) in [4.78, 5) is 0. The van der Waals surface area contributed by atoms with E-state index in [9.17, 15) is 5.11 Å². The van der Waals surface area contributed by atoms with Crippen molar-refractivity contribution < 1.29 is 14.3 Å². The number of rotatable bonds is 5. The third-order valence-corrected chi connectivity index (χ3v) is 2.70. The molecule has 0 aliphatic carbocycles. The van der Waals surface area contributed by atoms with Gasteiger partial charge in [-0.2, -0.15) is 0 Å². The third-order valence-electron chi connectivity index (χ3n) is 2.70. The zero-order valence-electron chi connectivity index (χ0n) is 9.80. The minimum atomic E-state index is -0.693. The molecule has 90 valence electrons. The van der Waals surface area contributed by atoms with E-state index >= 15 is 0 Å². The summed E-state index contributed by atoms with van der Waals surface area (Å²) < 4.78 is 10.2. The van der Waals surface area contributed by atoms with Crippen molar-refractivity contribution in [3.8, 4) is 0 Å². The second-order valence-electron chi connectivity index (χ2n) is 3.90. The number of hydrogen-bond acceptors (Lipinski definition) is 3. The van der Waals surface area contributed by atoms with E-state index in [-0.39, 0.29) is 0 Å². The maximum atomic E-state index is 10.0. The Morgan fingerprint density at radius 1 is 1.24 bits per heavy atom. The molecule has 3 nitrogen and oxygen atoms in total. The Kier molecular flexibility index (Phi) is 3.96. The summed E-state index contributed by atoms with van der Waals surface area (Å²) in [6, 6.07) is 11.4. The Bertz CT molecular complexity index is 431. The van der Waals surface area contributed by atoms with Crippen molar-refractivity contribution in [1.82, 2.24) is 0 Å². The molecule has 1 aromatic heterocycles. The van der Waals surface area contributed by atoms with E-state index in [0.717, 1.165) is 12.0 Å². The van der Waals surface area contributed by atoms with Gasteiger partial charge in [0.25, 0.3) is 0 Å². The fourth-order valence-electron chi connectivity index (χ4n) is 1.70. The van der Waals surface area contributed by atoms with Crippen LogP contribution in [0.5, 0.6) is 0 Å². The van der Waals surface area contributed by atoms with Crippen LogP contribution in [0.15, 0.2) is 47.1 Å². The molecule has 0 fully saturated rings. The Labute approximate surface area is 101 Å². The Morgan fingerprint density at radius 3 is 2.59 bits per heavy atom. The molecule has 17 heavy (non-hydrogen) atoms. The fraction of sp³-hybridized carbons (Fsp3) is 0.286. The lowest BCUT2D eigenvalue weighted by Crippen LogP contribution is -1.99. The smallest absolute Gasteiger partial charge is 0.137 e. The highest BCUT2D eigenvalue weighted by molar-refractivity contribution is 5.28. The highest BCUT2D eigenvalue weighted by Crippen LogP contribution is 2.22. The van der Waals surface area contributed by atoms with E-state index in [0.29, 0.717) is 12.4 Å². The highest BCUT2D eigenvalue weighted by atomic mass is 16.5. The van der Waals surface area contributed by atoms with Gasteiger partial charge in [-0.3, -0.25) is 0 Å². The molecular formula is C14H16O3. The van der Waals surface area contributed by atoms with E-state index in [1.165, 1.54) is 5.56 Å². The van der Waals surface area contributed by atoms with Crippen LogP contribution in [-0.2, 0) is 11.2 Å². The van der Waals surface area contributed by atoms with Crippen LogP contribution < -0.4 is 0 Å². The Hall–Kier alpha value is -1.58. The van der Waals surface area contributed by atoms with Crippen molar-refractivity contribution in [2.75, 3.05) is 13.7 Å². The molecule has 3 heteroatoms. The number of methoxy groups -OCH3 is 1. The van der Waals surface area contributed by atoms with Gasteiger partial charge in [-0.15, -0.1) is 0 Å². The van der Waals surface area contributed by atoms with Gasteiger partial charge in [0.15, 0.2) is 0 Å². The van der Waals surface area contributed by atoms with Gasteiger partial charge in [-0.1, -0.05) is 24.3 Å². The molecule has 2 rings (SSSR count). The molecule has 0 radical (unpaired) electrons. The van der Waals surface area contributed by atoms with Crippen LogP contribution in [0.4, 0.5) is 0 Å². The molecule has 2 aromatic rings. The maximum Gasteiger partial charge on any atom is 0.137 e. The number of benzene rings is 1. The molecule has 1 heterocycles. The first-order valence-electron chi connectivity index (χ1n) is 5.60. The molecule has 1 unspecified atom stereocenters. The van der Waals surface area contributed by atoms with Crippen molar-refractivity contribution in [1.29, 1.82) is 0 Å². The average Bonchev–Trinajstić information content (AvgIpc) is 2.90. The molecule has 0 aliphatic rings. The summed E-state index contributed by atoms with van der Waals surface area (Å²) in [6.07, 6.45) is 1.75. The van der Waals surface area contributed by atoms with E-state index in [1.807, 2.05) is 24.3 Å². The van der Waals surface area contributed by atoms with Gasteiger partial charge < -0.3 is 14.3 Å². The number of hydrogen-bond donors (Lipinski definition) is 1. The molecular weight excluding hydrogens is 216 g/mol. The van der Waals surface area contributed by atoms with Gasteiger partial charge in [0.2, 0.25) is 0 Å². The molecule has 0 amide bonds. The lowest BCUT2D eigenvalue weighted by atomic mass is 10.0. The van der Waals surface area contributed by atoms with E-state index in [1.54, 1.807) is 25.5 Å². The average molecular weight is 232 g/mol. The van der Waals surface area contributed by atoms with Gasteiger partial charge in [-0.25, -0.2) is 0 Å². The maximum absolute atomic E-state index is 10.0. The third kappa shape index (κ3) is 2.96. The van der Waals surface area contributed by atoms with Crippen molar-refractivity contribution in [3.05, 3.63) is 59.5 Å². The van der Waals surface area contributed by atoms with Crippen LogP contribution in [0.1, 0.15) is 23.0 Å². The summed E-state index contributed by atoms with van der Waals surface area (Å²) in [5.74, 6) is 0.564. The van der Waals surface area contributed by atoms with Crippen LogP contribution in [0.3, 0.4) is 0 Å². The van der Waals surface area contributed by atoms with Gasteiger partial charge in [0.05, 0.1) is 12.9 Å². The quantitative estimate of drug-likeness (QED) is 0.861. The van der Waals surface area contributed by atoms with Crippen molar-refractivity contribution in [2.24, 2.45) is 0 Å². The standard InChI is InChI=1S/C14H16O3/c1-16-10-8-11-4-6-12(7-5-11)14(15)13-3-2-9-17-13/h2-7,9,14-15H,8,10H2,1H3. The number of ether oxygens (including phenoxy) is 1. The van der Waals surface area contributed by atoms with Crippen LogP contribution in [0, 0.1) is 0 Å². The summed E-state index contributed by atoms with van der Waals surface area (Å²) in [5, 5.41) is 10.0. The van der Waals surface area contributed by atoms with Crippen molar-refractivity contribution >= 4 is 0 Å². The normalized spacial score (nSPS) is 12.6. The first kappa shape index (κ1) is 11.9. The summed E-state index contributed by atoms with van der Waals surface area (Å²) in [6.45, 7) is 0.708. The topological polar surface area (TPSA) is 42.6 Å². The van der Waals surface area contributed by atoms with Gasteiger partial charge in [-0.05, 0) is 29.7 Å². The molecule has 0 spiro atoms. The van der Waals surface area contributed by atoms with Crippen molar-refractivity contribution in [2.45, 2.75) is 12.5 Å². The summed E-state index contributed by atoms with van der Waals surface area (Å²) in [5.41, 5.74) is 2.03. The van der Waals surface area contributed by atoms with E-state index < -0.39 is 6.10 Å². The number of aliphatic hydroxyl groups excluding tert-OH is 1. The van der Waals surface area contributed by atoms with E-state index in [4.69, 9.17) is 9.15 Å². The molecule has 0 bridgehead atoms. The zero-order chi connectivity index (χ0) is 12.1.